The predicted octanol–water partition coefficient (Wildman–Crippen LogP) is 12.8. The third kappa shape index (κ3) is 4.07. The number of hydrogen-bond acceptors (Lipinski definition) is 1. The molecule has 8 aromatic rings. The van der Waals surface area contributed by atoms with E-state index in [1.165, 1.54) is 44.5 Å². The maximum absolute atomic E-state index is 8.80. The second kappa shape index (κ2) is 11.3. The minimum Gasteiger partial charge on any atom is -0.311 e. The normalized spacial score (nSPS) is 14.4. The Hall–Kier alpha value is -6.44. The van der Waals surface area contributed by atoms with Crippen LogP contribution in [0.2, 0.25) is 0 Å². The van der Waals surface area contributed by atoms with Crippen molar-refractivity contribution in [1.82, 2.24) is 0 Å². The monoisotopic (exact) mass is 640 g/mol. The number of benzene rings is 8. The Labute approximate surface area is 300 Å². The molecule has 0 bridgehead atoms. The van der Waals surface area contributed by atoms with Crippen molar-refractivity contribution in [3.63, 3.8) is 0 Å². The summed E-state index contributed by atoms with van der Waals surface area (Å²) in [5, 5.41) is 0. The van der Waals surface area contributed by atoms with Crippen LogP contribution in [-0.2, 0) is 5.41 Å². The van der Waals surface area contributed by atoms with Gasteiger partial charge in [-0.1, -0.05) is 164 Å². The predicted molar refractivity (Wildman–Crippen MR) is 208 cm³/mol. The van der Waals surface area contributed by atoms with Crippen LogP contribution in [0.4, 0.5) is 17.1 Å². The van der Waals surface area contributed by atoms with Crippen LogP contribution in [0, 0.1) is 0 Å². The Kier molecular flexibility index (Phi) is 5.40. The number of nitrogens with zero attached hydrogens (tertiary/aromatic N) is 1. The minimum absolute atomic E-state index is 0.104. The number of para-hydroxylation sites is 2. The summed E-state index contributed by atoms with van der Waals surface area (Å²) in [6.45, 7) is 0. The largest absolute Gasteiger partial charge is 0.311 e. The van der Waals surface area contributed by atoms with Crippen molar-refractivity contribution in [3.8, 4) is 44.5 Å². The number of fused-ring (bicyclic) bond motifs is 10. The maximum Gasteiger partial charge on any atom is 0.0725 e. The van der Waals surface area contributed by atoms with Crippen LogP contribution in [0.15, 0.2) is 200 Å². The molecule has 0 atom stereocenters. The summed E-state index contributed by atoms with van der Waals surface area (Å²) in [6.07, 6.45) is 0. The van der Waals surface area contributed by atoms with E-state index in [9.17, 15) is 0 Å². The minimum atomic E-state index is -0.435. The van der Waals surface area contributed by atoms with Crippen molar-refractivity contribution >= 4 is 17.1 Å². The van der Waals surface area contributed by atoms with Crippen molar-refractivity contribution < 1.29 is 6.85 Å². The quantitative estimate of drug-likeness (QED) is 0.181. The molecular weight excluding hydrogens is 603 g/mol. The summed E-state index contributed by atoms with van der Waals surface area (Å²) in [7, 11) is 0. The lowest BCUT2D eigenvalue weighted by Crippen LogP contribution is -2.25. The molecule has 0 fully saturated rings. The van der Waals surface area contributed by atoms with Gasteiger partial charge in [0.1, 0.15) is 0 Å². The lowest BCUT2D eigenvalue weighted by molar-refractivity contribution is 0.794. The van der Waals surface area contributed by atoms with Crippen molar-refractivity contribution in [2.24, 2.45) is 0 Å². The van der Waals surface area contributed by atoms with E-state index < -0.39 is 11.5 Å². The molecular formula is C49H33N. The maximum atomic E-state index is 8.80. The van der Waals surface area contributed by atoms with E-state index >= 15 is 0 Å². The highest BCUT2D eigenvalue weighted by Gasteiger charge is 2.51. The van der Waals surface area contributed by atoms with Gasteiger partial charge >= 0.3 is 0 Å². The van der Waals surface area contributed by atoms with E-state index in [2.05, 4.69) is 127 Å². The fourth-order valence-electron chi connectivity index (χ4n) is 8.47. The van der Waals surface area contributed by atoms with Crippen LogP contribution in [0.5, 0.6) is 0 Å². The molecule has 0 N–H and O–H groups in total. The molecule has 2 aliphatic carbocycles. The first kappa shape index (κ1) is 23.8. The molecule has 1 nitrogen and oxygen atoms in total. The molecule has 1 spiro atoms. The molecule has 1 heteroatoms. The van der Waals surface area contributed by atoms with Crippen molar-refractivity contribution in [2.75, 3.05) is 4.90 Å². The highest BCUT2D eigenvalue weighted by Crippen LogP contribution is 2.64. The van der Waals surface area contributed by atoms with Crippen LogP contribution in [-0.4, -0.2) is 0 Å². The standard InChI is InChI=1S/C49H33N/c1-3-16-35(17-4-1)50(36-18-5-2-6-19-36)37-32-30-34(31-33-37)38-20-7-8-21-39(38)42-25-15-29-47-48(42)43-24-11-14-28-46(43)49(47)44-26-12-9-22-40(44)41-23-10-13-27-45(41)49/h1-33H/i1D,3D,4D,16D,17D. The average molecular weight is 641 g/mol. The first-order valence-corrected chi connectivity index (χ1v) is 17.0. The molecule has 50 heavy (non-hydrogen) atoms. The molecule has 0 heterocycles. The van der Waals surface area contributed by atoms with E-state index in [4.69, 9.17) is 6.85 Å². The van der Waals surface area contributed by atoms with Gasteiger partial charge < -0.3 is 4.90 Å². The average Bonchev–Trinajstić information content (AvgIpc) is 3.72. The highest BCUT2D eigenvalue weighted by molar-refractivity contribution is 6.02. The van der Waals surface area contributed by atoms with Crippen molar-refractivity contribution in [3.05, 3.63) is 222 Å². The fraction of sp³-hybridized carbons (Fsp3) is 0.0204. The zero-order chi connectivity index (χ0) is 37.4. The molecule has 0 saturated carbocycles. The van der Waals surface area contributed by atoms with Gasteiger partial charge in [0.2, 0.25) is 0 Å². The van der Waals surface area contributed by atoms with Gasteiger partial charge in [0.05, 0.1) is 12.3 Å². The molecule has 0 amide bonds. The summed E-state index contributed by atoms with van der Waals surface area (Å²) >= 11 is 0. The summed E-state index contributed by atoms with van der Waals surface area (Å²) in [5.74, 6) is 0. The Bertz CT molecular complexity index is 2750. The second-order valence-corrected chi connectivity index (χ2v) is 12.9. The zero-order valence-corrected chi connectivity index (χ0v) is 27.1. The van der Waals surface area contributed by atoms with Gasteiger partial charge in [-0.15, -0.1) is 0 Å². The highest BCUT2D eigenvalue weighted by atomic mass is 15.1. The van der Waals surface area contributed by atoms with Gasteiger partial charge in [-0.05, 0) is 103 Å². The van der Waals surface area contributed by atoms with Crippen LogP contribution < -0.4 is 4.90 Å². The number of anilines is 3. The third-order valence-electron chi connectivity index (χ3n) is 10.4. The number of hydrogen-bond donors (Lipinski definition) is 0. The molecule has 10 rings (SSSR count). The van der Waals surface area contributed by atoms with Crippen molar-refractivity contribution in [1.29, 1.82) is 0 Å². The van der Waals surface area contributed by atoms with Crippen LogP contribution in [0.3, 0.4) is 0 Å². The molecule has 0 aliphatic heterocycles. The van der Waals surface area contributed by atoms with E-state index in [-0.39, 0.29) is 29.9 Å². The third-order valence-corrected chi connectivity index (χ3v) is 10.4. The van der Waals surface area contributed by atoms with Crippen LogP contribution >= 0.6 is 0 Å². The van der Waals surface area contributed by atoms with Gasteiger partial charge in [0.15, 0.2) is 0 Å². The smallest absolute Gasteiger partial charge is 0.0725 e. The van der Waals surface area contributed by atoms with Gasteiger partial charge in [-0.25, -0.2) is 0 Å². The fourth-order valence-corrected chi connectivity index (χ4v) is 8.47. The molecule has 0 saturated heterocycles. The molecule has 8 aromatic carbocycles. The van der Waals surface area contributed by atoms with Crippen LogP contribution in [0.25, 0.3) is 44.5 Å². The second-order valence-electron chi connectivity index (χ2n) is 12.9. The lowest BCUT2D eigenvalue weighted by atomic mass is 9.70. The summed E-state index contributed by atoms with van der Waals surface area (Å²) in [5.41, 5.74) is 15.6. The molecule has 234 valence electrons. The topological polar surface area (TPSA) is 3.24 Å². The van der Waals surface area contributed by atoms with E-state index in [0.29, 0.717) is 11.4 Å². The molecule has 0 radical (unpaired) electrons. The van der Waals surface area contributed by atoms with Crippen LogP contribution in [0.1, 0.15) is 29.1 Å². The molecule has 0 unspecified atom stereocenters. The Morgan fingerprint density at radius 2 is 0.820 bits per heavy atom. The summed E-state index contributed by atoms with van der Waals surface area (Å²) in [6, 6.07) is 57.6. The summed E-state index contributed by atoms with van der Waals surface area (Å²) in [4.78, 5) is 1.74. The van der Waals surface area contributed by atoms with Gasteiger partial charge in [0, 0.05) is 17.1 Å². The Balaban J connectivity index is 1.14. The number of rotatable bonds is 5. The van der Waals surface area contributed by atoms with E-state index in [1.807, 2.05) is 42.5 Å². The molecule has 0 aromatic heterocycles. The van der Waals surface area contributed by atoms with Gasteiger partial charge in [0.25, 0.3) is 0 Å². The van der Waals surface area contributed by atoms with E-state index in [1.54, 1.807) is 4.90 Å². The first-order chi connectivity index (χ1) is 26.9. The summed E-state index contributed by atoms with van der Waals surface area (Å²) < 4.78 is 42.6. The van der Waals surface area contributed by atoms with Gasteiger partial charge in [-0.3, -0.25) is 0 Å². The first-order valence-electron chi connectivity index (χ1n) is 19.5. The van der Waals surface area contributed by atoms with Gasteiger partial charge in [-0.2, -0.15) is 0 Å². The molecule has 2 aliphatic rings. The Morgan fingerprint density at radius 1 is 0.340 bits per heavy atom. The van der Waals surface area contributed by atoms with E-state index in [0.717, 1.165) is 22.3 Å². The SMILES string of the molecule is [2H]c1c([2H])c([2H])c(N(c2ccccc2)c2ccc(-c3ccccc3-c3cccc4c3-c3ccccc3C43c4ccccc4-c4ccccc43)cc2)c([2H])c1[2H]. The lowest BCUT2D eigenvalue weighted by Gasteiger charge is -2.30. The van der Waals surface area contributed by atoms with Crippen molar-refractivity contribution in [2.45, 2.75) is 5.41 Å². The zero-order valence-electron chi connectivity index (χ0n) is 32.1. The Morgan fingerprint density at radius 3 is 1.48 bits per heavy atom.